The van der Waals surface area contributed by atoms with Crippen LogP contribution in [0.3, 0.4) is 0 Å². The molecule has 1 aliphatic rings. The summed E-state index contributed by atoms with van der Waals surface area (Å²) in [6.07, 6.45) is 3.86. The Hall–Kier alpha value is -0.820. The average Bonchev–Trinajstić information content (AvgIpc) is 2.29. The van der Waals surface area contributed by atoms with Gasteiger partial charge < -0.3 is 5.32 Å². The van der Waals surface area contributed by atoms with Gasteiger partial charge in [-0.3, -0.25) is 0 Å². The summed E-state index contributed by atoms with van der Waals surface area (Å²) >= 11 is 0. The minimum atomic E-state index is 0.689. The maximum atomic E-state index is 3.81. The van der Waals surface area contributed by atoms with Crippen LogP contribution in [0, 0.1) is 12.8 Å². The average molecular weight is 245 g/mol. The first-order valence-corrected chi connectivity index (χ1v) is 7.42. The normalized spacial score (nSPS) is 24.9. The Labute approximate surface area is 112 Å². The first-order valence-electron chi connectivity index (χ1n) is 7.42. The van der Waals surface area contributed by atoms with E-state index in [1.165, 1.54) is 30.4 Å². The Morgan fingerprint density at radius 2 is 1.78 bits per heavy atom. The van der Waals surface area contributed by atoms with Crippen LogP contribution in [-0.4, -0.2) is 12.1 Å². The Kier molecular flexibility index (Phi) is 4.45. The van der Waals surface area contributed by atoms with Gasteiger partial charge in [-0.25, -0.2) is 0 Å². The van der Waals surface area contributed by atoms with Crippen molar-refractivity contribution in [3.8, 4) is 0 Å². The van der Waals surface area contributed by atoms with Gasteiger partial charge in [0.2, 0.25) is 0 Å². The van der Waals surface area contributed by atoms with Gasteiger partial charge in [0.15, 0.2) is 0 Å². The van der Waals surface area contributed by atoms with Gasteiger partial charge in [0.1, 0.15) is 0 Å². The standard InChI is InChI=1S/C17H27N/c1-5-17(12(2)3)18-16-10-15(11-16)14-8-6-13(4)7-9-14/h6-9,12,15-18H,5,10-11H2,1-4H3. The minimum absolute atomic E-state index is 0.689. The maximum Gasteiger partial charge on any atom is 0.00900 e. The van der Waals surface area contributed by atoms with E-state index in [9.17, 15) is 0 Å². The number of aryl methyl sites for hydroxylation is 1. The van der Waals surface area contributed by atoms with E-state index in [0.29, 0.717) is 6.04 Å². The summed E-state index contributed by atoms with van der Waals surface area (Å²) in [5.74, 6) is 1.53. The van der Waals surface area contributed by atoms with Crippen LogP contribution in [0.1, 0.15) is 57.1 Å². The highest BCUT2D eigenvalue weighted by Gasteiger charge is 2.31. The quantitative estimate of drug-likeness (QED) is 0.817. The lowest BCUT2D eigenvalue weighted by molar-refractivity contribution is 0.237. The summed E-state index contributed by atoms with van der Waals surface area (Å²) in [6.45, 7) is 9.08. The molecule has 0 heterocycles. The van der Waals surface area contributed by atoms with Crippen molar-refractivity contribution in [1.82, 2.24) is 5.32 Å². The molecule has 0 aliphatic heterocycles. The van der Waals surface area contributed by atoms with E-state index < -0.39 is 0 Å². The molecule has 1 N–H and O–H groups in total. The molecule has 0 saturated heterocycles. The van der Waals surface area contributed by atoms with E-state index in [1.807, 2.05) is 0 Å². The van der Waals surface area contributed by atoms with Gasteiger partial charge in [0, 0.05) is 12.1 Å². The second kappa shape index (κ2) is 5.88. The predicted molar refractivity (Wildman–Crippen MR) is 79.0 cm³/mol. The number of rotatable bonds is 5. The second-order valence-electron chi connectivity index (χ2n) is 6.20. The van der Waals surface area contributed by atoms with Crippen molar-refractivity contribution in [3.05, 3.63) is 35.4 Å². The fourth-order valence-electron chi connectivity index (χ4n) is 2.95. The SMILES string of the molecule is CCC(NC1CC(c2ccc(C)cc2)C1)C(C)C. The molecule has 1 nitrogen and oxygen atoms in total. The largest absolute Gasteiger partial charge is 0.311 e. The first-order chi connectivity index (χ1) is 8.60. The molecule has 2 rings (SSSR count). The van der Waals surface area contributed by atoms with E-state index in [2.05, 4.69) is 57.3 Å². The summed E-state index contributed by atoms with van der Waals surface area (Å²) in [4.78, 5) is 0. The third-order valence-corrected chi connectivity index (χ3v) is 4.38. The van der Waals surface area contributed by atoms with Crippen LogP contribution in [0.4, 0.5) is 0 Å². The molecule has 1 atom stereocenters. The molecule has 0 radical (unpaired) electrons. The molecule has 0 bridgehead atoms. The van der Waals surface area contributed by atoms with Gasteiger partial charge in [-0.15, -0.1) is 0 Å². The molecule has 18 heavy (non-hydrogen) atoms. The van der Waals surface area contributed by atoms with Crippen molar-refractivity contribution in [3.63, 3.8) is 0 Å². The highest BCUT2D eigenvalue weighted by molar-refractivity contribution is 5.26. The number of nitrogens with one attached hydrogen (secondary N) is 1. The zero-order chi connectivity index (χ0) is 13.1. The Bertz CT molecular complexity index is 360. The van der Waals surface area contributed by atoms with Crippen LogP contribution >= 0.6 is 0 Å². The second-order valence-corrected chi connectivity index (χ2v) is 6.20. The summed E-state index contributed by atoms with van der Waals surface area (Å²) < 4.78 is 0. The summed E-state index contributed by atoms with van der Waals surface area (Å²) in [5.41, 5.74) is 2.88. The Balaban J connectivity index is 1.81. The molecule has 0 spiro atoms. The van der Waals surface area contributed by atoms with Crippen LogP contribution in [0.15, 0.2) is 24.3 Å². The highest BCUT2D eigenvalue weighted by Crippen LogP contribution is 2.37. The van der Waals surface area contributed by atoms with Gasteiger partial charge >= 0.3 is 0 Å². The fraction of sp³-hybridized carbons (Fsp3) is 0.647. The van der Waals surface area contributed by atoms with E-state index in [-0.39, 0.29) is 0 Å². The molecular formula is C17H27N. The molecule has 1 saturated carbocycles. The fourth-order valence-corrected chi connectivity index (χ4v) is 2.95. The third-order valence-electron chi connectivity index (χ3n) is 4.38. The van der Waals surface area contributed by atoms with Crippen molar-refractivity contribution in [1.29, 1.82) is 0 Å². The molecule has 100 valence electrons. The monoisotopic (exact) mass is 245 g/mol. The van der Waals surface area contributed by atoms with Gasteiger partial charge in [-0.1, -0.05) is 50.6 Å². The van der Waals surface area contributed by atoms with E-state index >= 15 is 0 Å². The third kappa shape index (κ3) is 3.14. The summed E-state index contributed by atoms with van der Waals surface area (Å²) in [6, 6.07) is 10.5. The lowest BCUT2D eigenvalue weighted by Crippen LogP contribution is -2.47. The number of hydrogen-bond acceptors (Lipinski definition) is 1. The van der Waals surface area contributed by atoms with Crippen LogP contribution in [0.5, 0.6) is 0 Å². The maximum absolute atomic E-state index is 3.81. The van der Waals surface area contributed by atoms with Crippen LogP contribution in [0.2, 0.25) is 0 Å². The van der Waals surface area contributed by atoms with Crippen molar-refractivity contribution in [2.45, 2.75) is 65.0 Å². The van der Waals surface area contributed by atoms with Crippen molar-refractivity contribution < 1.29 is 0 Å². The van der Waals surface area contributed by atoms with E-state index in [1.54, 1.807) is 0 Å². The molecule has 0 aromatic heterocycles. The lowest BCUT2D eigenvalue weighted by atomic mass is 9.75. The zero-order valence-corrected chi connectivity index (χ0v) is 12.2. The van der Waals surface area contributed by atoms with Crippen molar-refractivity contribution in [2.75, 3.05) is 0 Å². The minimum Gasteiger partial charge on any atom is -0.311 e. The smallest absolute Gasteiger partial charge is 0.00900 e. The van der Waals surface area contributed by atoms with Crippen LogP contribution in [-0.2, 0) is 0 Å². The molecule has 1 fully saturated rings. The first kappa shape index (κ1) is 13.6. The number of benzene rings is 1. The molecule has 1 aromatic carbocycles. The van der Waals surface area contributed by atoms with E-state index in [0.717, 1.165) is 17.9 Å². The van der Waals surface area contributed by atoms with Gasteiger partial charge in [0.25, 0.3) is 0 Å². The molecule has 1 aliphatic carbocycles. The summed E-state index contributed by atoms with van der Waals surface area (Å²) in [5, 5.41) is 3.81. The highest BCUT2D eigenvalue weighted by atomic mass is 15.0. The topological polar surface area (TPSA) is 12.0 Å². The number of hydrogen-bond donors (Lipinski definition) is 1. The van der Waals surface area contributed by atoms with Gasteiger partial charge in [0.05, 0.1) is 0 Å². The molecule has 0 amide bonds. The molecule has 1 heteroatoms. The van der Waals surface area contributed by atoms with Gasteiger partial charge in [-0.2, -0.15) is 0 Å². The predicted octanol–water partition coefficient (Wildman–Crippen LogP) is 4.27. The zero-order valence-electron chi connectivity index (χ0n) is 12.2. The Morgan fingerprint density at radius 1 is 1.17 bits per heavy atom. The van der Waals surface area contributed by atoms with Crippen LogP contribution < -0.4 is 5.32 Å². The van der Waals surface area contributed by atoms with E-state index in [4.69, 9.17) is 0 Å². The molecule has 1 unspecified atom stereocenters. The van der Waals surface area contributed by atoms with Gasteiger partial charge in [-0.05, 0) is 43.6 Å². The van der Waals surface area contributed by atoms with Crippen molar-refractivity contribution >= 4 is 0 Å². The summed E-state index contributed by atoms with van der Waals surface area (Å²) in [7, 11) is 0. The molecule has 1 aromatic rings. The molecular weight excluding hydrogens is 218 g/mol. The van der Waals surface area contributed by atoms with Crippen LogP contribution in [0.25, 0.3) is 0 Å². The lowest BCUT2D eigenvalue weighted by Gasteiger charge is -2.39. The Morgan fingerprint density at radius 3 is 2.28 bits per heavy atom. The van der Waals surface area contributed by atoms with Crippen molar-refractivity contribution in [2.24, 2.45) is 5.92 Å².